The molecule has 28 nitrogen and oxygen atoms in total. The van der Waals surface area contributed by atoms with Crippen LogP contribution in [0.15, 0.2) is 58.5 Å². The number of nitrogens with zero attached hydrogens (tertiary/aromatic N) is 2. The van der Waals surface area contributed by atoms with Crippen LogP contribution in [0, 0.1) is 0 Å². The Morgan fingerprint density at radius 2 is 0.767 bits per heavy atom. The molecule has 2 aromatic rings. The summed E-state index contributed by atoms with van der Waals surface area (Å²) in [7, 11) is 0. The molecular formula is C54H88N16O12S4. The standard InChI is InChI=1S/C54H88N16O12S4/c1-84-25-19-38(65-45(74)36(9-4-5-22-55)64-46(75)37(10-7-24-62-54(59)60)63-44(73)35(56)8-6-23-61-53(57)58)47(76)66-39(20-26-85-2)48(77)68-41(28-31-11-15-33(71)16-12-31)50(79)67-40(21-27-86-3)49(78)70-43(30-83)51(80)69-42(52(81)82)29-32-13-17-34(72)18-14-32/h11-18,35-43,71-72,83H,4-10,19-30,55-56H2,1-3H3,(H,63,73)(H,64,75)(H,65,74)(H,66,76)(H,67,79)(H,68,77)(H,69,80)(H,70,78)(H,81,82)(H4,57,58,61)(H4,59,60,62)/t35-,36-,37-,38-,39-,40-,41-,42-,43-/m0/s1. The molecule has 0 aliphatic rings. The minimum atomic E-state index is -1.43. The number of guanidine groups is 2. The maximum absolute atomic E-state index is 14.5. The number of hydrogen-bond acceptors (Lipinski definition) is 19. The van der Waals surface area contributed by atoms with Gasteiger partial charge in [-0.25, -0.2) is 4.79 Å². The smallest absolute Gasteiger partial charge is 0.326 e. The second kappa shape index (κ2) is 42.1. The predicted molar refractivity (Wildman–Crippen MR) is 340 cm³/mol. The molecule has 480 valence electrons. The van der Waals surface area contributed by atoms with Crippen molar-refractivity contribution in [3.8, 4) is 11.5 Å². The molecular weight excluding hydrogens is 1190 g/mol. The third-order valence-electron chi connectivity index (χ3n) is 13.0. The lowest BCUT2D eigenvalue weighted by atomic mass is 10.0. The van der Waals surface area contributed by atoms with Crippen LogP contribution in [0.25, 0.3) is 0 Å². The fourth-order valence-corrected chi connectivity index (χ4v) is 9.89. The monoisotopic (exact) mass is 1280 g/mol. The summed E-state index contributed by atoms with van der Waals surface area (Å²) in [5, 5.41) is 51.0. The van der Waals surface area contributed by atoms with Crippen LogP contribution in [0.5, 0.6) is 11.5 Å². The summed E-state index contributed by atoms with van der Waals surface area (Å²) in [6, 6.07) is 0.000884. The van der Waals surface area contributed by atoms with E-state index in [0.717, 1.165) is 0 Å². The maximum Gasteiger partial charge on any atom is 0.326 e. The largest absolute Gasteiger partial charge is 0.508 e. The number of carbonyl (C=O) groups excluding carboxylic acids is 8. The Labute approximate surface area is 519 Å². The molecule has 9 atom stereocenters. The van der Waals surface area contributed by atoms with Crippen LogP contribution >= 0.6 is 47.9 Å². The Hall–Kier alpha value is -6.87. The first-order valence-electron chi connectivity index (χ1n) is 27.8. The summed E-state index contributed by atoms with van der Waals surface area (Å²) < 4.78 is 0. The molecule has 0 aliphatic heterocycles. The fraction of sp³-hybridized carbons (Fsp3) is 0.574. The first-order chi connectivity index (χ1) is 41.0. The lowest BCUT2D eigenvalue weighted by Crippen LogP contribution is -2.61. The molecule has 0 bridgehead atoms. The topological polar surface area (TPSA) is 491 Å². The van der Waals surface area contributed by atoms with Gasteiger partial charge in [0.1, 0.15) is 59.8 Å². The van der Waals surface area contributed by atoms with E-state index in [2.05, 4.69) is 65.1 Å². The number of unbranched alkanes of at least 4 members (excludes halogenated alkanes) is 1. The van der Waals surface area contributed by atoms with Gasteiger partial charge in [-0.15, -0.1) is 0 Å². The van der Waals surface area contributed by atoms with Gasteiger partial charge in [0, 0.05) is 31.7 Å². The maximum atomic E-state index is 14.5. The molecule has 0 radical (unpaired) electrons. The van der Waals surface area contributed by atoms with Crippen molar-refractivity contribution in [2.24, 2.45) is 44.4 Å². The Morgan fingerprint density at radius 3 is 1.14 bits per heavy atom. The molecule has 23 N–H and O–H groups in total. The van der Waals surface area contributed by atoms with Crippen molar-refractivity contribution in [2.45, 2.75) is 131 Å². The van der Waals surface area contributed by atoms with E-state index in [-0.39, 0.29) is 107 Å². The number of nitrogens with two attached hydrogens (primary N) is 6. The lowest BCUT2D eigenvalue weighted by molar-refractivity contribution is -0.142. The fourth-order valence-electron chi connectivity index (χ4n) is 8.22. The summed E-state index contributed by atoms with van der Waals surface area (Å²) in [5.41, 5.74) is 34.7. The van der Waals surface area contributed by atoms with E-state index in [4.69, 9.17) is 34.4 Å². The number of aromatic hydroxyl groups is 2. The Kier molecular flexibility index (Phi) is 36.8. The third kappa shape index (κ3) is 30.0. The number of hydrogen-bond donors (Lipinski definition) is 18. The van der Waals surface area contributed by atoms with E-state index in [9.17, 15) is 58.5 Å². The number of thioether (sulfide) groups is 3. The van der Waals surface area contributed by atoms with E-state index < -0.39 is 108 Å². The van der Waals surface area contributed by atoms with Crippen LogP contribution in [-0.2, 0) is 56.0 Å². The summed E-state index contributed by atoms with van der Waals surface area (Å²) >= 11 is 8.36. The zero-order valence-corrected chi connectivity index (χ0v) is 52.1. The second-order valence-corrected chi connectivity index (χ2v) is 23.2. The number of thiol groups is 1. The number of carbonyl (C=O) groups is 9. The van der Waals surface area contributed by atoms with E-state index in [1.807, 2.05) is 0 Å². The van der Waals surface area contributed by atoms with E-state index in [0.29, 0.717) is 47.6 Å². The normalized spacial score (nSPS) is 14.1. The molecule has 0 aromatic heterocycles. The minimum absolute atomic E-state index is 0.0374. The number of carboxylic acid groups (broad SMARTS) is 1. The number of nitrogens with one attached hydrogen (secondary N) is 8. The number of phenolic OH excluding ortho intramolecular Hbond substituents is 2. The van der Waals surface area contributed by atoms with Gasteiger partial charge in [-0.05, 0) is 142 Å². The number of amides is 8. The summed E-state index contributed by atoms with van der Waals surface area (Å²) in [6.45, 7) is 0.608. The van der Waals surface area contributed by atoms with Crippen molar-refractivity contribution in [1.82, 2.24) is 42.5 Å². The van der Waals surface area contributed by atoms with Crippen LogP contribution in [0.3, 0.4) is 0 Å². The molecule has 86 heavy (non-hydrogen) atoms. The summed E-state index contributed by atoms with van der Waals surface area (Å²) in [4.78, 5) is 133. The second-order valence-electron chi connectivity index (χ2n) is 19.9. The van der Waals surface area contributed by atoms with Gasteiger partial charge >= 0.3 is 5.97 Å². The van der Waals surface area contributed by atoms with Gasteiger partial charge in [-0.3, -0.25) is 48.3 Å². The SMILES string of the molecule is CSCC[C@H](NC(=O)[C@H](Cc1ccc(O)cc1)NC(=O)[C@H](CCSC)NC(=O)[C@H](CCSC)NC(=O)[C@H](CCCCN)NC(=O)[C@H](CCCN=C(N)N)NC(=O)[C@@H](N)CCCN=C(N)N)C(=O)N[C@@H](CS)C(=O)N[C@@H](Cc1ccc(O)cc1)C(=O)O. The molecule has 8 amide bonds. The number of benzene rings is 2. The first-order valence-corrected chi connectivity index (χ1v) is 32.6. The van der Waals surface area contributed by atoms with Gasteiger partial charge in [-0.2, -0.15) is 47.9 Å². The van der Waals surface area contributed by atoms with E-state index in [1.54, 1.807) is 18.8 Å². The van der Waals surface area contributed by atoms with Crippen LogP contribution in [0.4, 0.5) is 0 Å². The average molecular weight is 1280 g/mol. The third-order valence-corrected chi connectivity index (χ3v) is 15.3. The minimum Gasteiger partial charge on any atom is -0.508 e. The van der Waals surface area contributed by atoms with Crippen molar-refractivity contribution in [3.63, 3.8) is 0 Å². The van der Waals surface area contributed by atoms with Crippen molar-refractivity contribution in [3.05, 3.63) is 59.7 Å². The Morgan fingerprint density at radius 1 is 0.453 bits per heavy atom. The molecule has 0 aliphatic carbocycles. The summed E-state index contributed by atoms with van der Waals surface area (Å²) in [5.74, 6) is -7.19. The van der Waals surface area contributed by atoms with Gasteiger partial charge in [-0.1, -0.05) is 24.3 Å². The molecule has 32 heteroatoms. The van der Waals surface area contributed by atoms with Crippen molar-refractivity contribution in [2.75, 3.05) is 61.4 Å². The van der Waals surface area contributed by atoms with E-state index >= 15 is 0 Å². The van der Waals surface area contributed by atoms with Gasteiger partial charge in [0.05, 0.1) is 6.04 Å². The number of phenols is 2. The summed E-state index contributed by atoms with van der Waals surface area (Å²) in [6.07, 6.45) is 6.95. The van der Waals surface area contributed by atoms with Gasteiger partial charge < -0.3 is 92.3 Å². The number of rotatable bonds is 43. The number of aliphatic carboxylic acids is 1. The molecule has 0 saturated heterocycles. The highest BCUT2D eigenvalue weighted by molar-refractivity contribution is 7.99. The highest BCUT2D eigenvalue weighted by Crippen LogP contribution is 2.16. The number of carboxylic acids is 1. The van der Waals surface area contributed by atoms with Crippen LogP contribution in [0.2, 0.25) is 0 Å². The van der Waals surface area contributed by atoms with Crippen molar-refractivity contribution < 1.29 is 58.5 Å². The Bertz CT molecular complexity index is 2530. The molecule has 2 aromatic carbocycles. The van der Waals surface area contributed by atoms with Crippen molar-refractivity contribution >= 4 is 113 Å². The lowest BCUT2D eigenvalue weighted by Gasteiger charge is -2.28. The van der Waals surface area contributed by atoms with Crippen LogP contribution < -0.4 is 76.9 Å². The van der Waals surface area contributed by atoms with Gasteiger partial charge in [0.15, 0.2) is 11.9 Å². The quantitative estimate of drug-likeness (QED) is 0.0142. The van der Waals surface area contributed by atoms with Gasteiger partial charge in [0.25, 0.3) is 0 Å². The molecule has 0 unspecified atom stereocenters. The number of aliphatic imine (C=N–C) groups is 2. The molecule has 0 spiro atoms. The van der Waals surface area contributed by atoms with Crippen LogP contribution in [0.1, 0.15) is 75.3 Å². The van der Waals surface area contributed by atoms with Gasteiger partial charge in [0.2, 0.25) is 47.3 Å². The molecule has 0 saturated carbocycles. The molecule has 2 rings (SSSR count). The van der Waals surface area contributed by atoms with Crippen molar-refractivity contribution in [1.29, 1.82) is 0 Å². The Balaban J connectivity index is 2.46. The van der Waals surface area contributed by atoms with E-state index in [1.165, 1.54) is 83.8 Å². The predicted octanol–water partition coefficient (Wildman–Crippen LogP) is -2.40. The molecule has 0 fully saturated rings. The first kappa shape index (κ1) is 75.2. The molecule has 0 heterocycles. The van der Waals surface area contributed by atoms with Crippen LogP contribution in [-0.4, -0.2) is 196 Å². The highest BCUT2D eigenvalue weighted by atomic mass is 32.2. The zero-order valence-electron chi connectivity index (χ0n) is 48.8. The zero-order chi connectivity index (χ0) is 64.1. The highest BCUT2D eigenvalue weighted by Gasteiger charge is 2.35. The average Bonchev–Trinajstić information content (AvgIpc) is 3.69.